The first-order chi connectivity index (χ1) is 18.7. The van der Waals surface area contributed by atoms with Gasteiger partial charge in [-0.05, 0) is 0 Å². The summed E-state index contributed by atoms with van der Waals surface area (Å²) in [6.45, 7) is 0. The zero-order valence-electron chi connectivity index (χ0n) is 21.8. The summed E-state index contributed by atoms with van der Waals surface area (Å²) >= 11 is 0. The fourth-order valence-corrected chi connectivity index (χ4v) is 3.74. The number of benzene rings is 4. The summed E-state index contributed by atoms with van der Waals surface area (Å²) in [4.78, 5) is 58.0. The minimum absolute atomic E-state index is 0. The summed E-state index contributed by atoms with van der Waals surface area (Å²) in [6.07, 6.45) is 5.93. The van der Waals surface area contributed by atoms with Gasteiger partial charge in [-0.2, -0.15) is 80.6 Å². The van der Waals surface area contributed by atoms with E-state index >= 15 is 0 Å². The molecule has 0 atom stereocenters. The van der Waals surface area contributed by atoms with E-state index in [9.17, 15) is 19.2 Å². The van der Waals surface area contributed by atoms with Crippen molar-refractivity contribution in [2.75, 3.05) is 0 Å². The summed E-state index contributed by atoms with van der Waals surface area (Å²) in [5.74, 6) is 0. The Kier molecular flexibility index (Phi) is 15.4. The van der Waals surface area contributed by atoms with Gasteiger partial charge in [-0.25, -0.2) is 19.2 Å². The van der Waals surface area contributed by atoms with Crippen LogP contribution in [0.1, 0.15) is 22.3 Å². The van der Waals surface area contributed by atoms with E-state index in [1.807, 2.05) is 12.1 Å². The second-order valence-corrected chi connectivity index (χ2v) is 7.47. The van der Waals surface area contributed by atoms with Gasteiger partial charge in [0.1, 0.15) is 0 Å². The molecule has 0 aliphatic carbocycles. The number of hydrogen-bond donors (Lipinski definition) is 0. The molecule has 4 aromatic carbocycles. The van der Waals surface area contributed by atoms with Crippen LogP contribution < -0.4 is 59.1 Å². The number of isocyanates is 4. The Morgan fingerprint density at radius 3 is 0.925 bits per heavy atom. The zero-order valence-corrected chi connectivity index (χ0v) is 25.8. The second kappa shape index (κ2) is 17.9. The number of nitrogens with zero attached hydrogens (tertiary/aromatic N) is 4. The third-order valence-electron chi connectivity index (χ3n) is 5.42. The first-order valence-electron chi connectivity index (χ1n) is 11.1. The van der Waals surface area contributed by atoms with Gasteiger partial charge < -0.3 is 0 Å². The van der Waals surface area contributed by atoms with Crippen molar-refractivity contribution >= 4 is 24.3 Å². The van der Waals surface area contributed by atoms with Gasteiger partial charge in [0, 0.05) is 11.1 Å². The topological polar surface area (TPSA) is 118 Å². The molecule has 0 bridgehead atoms. The molecule has 0 saturated carbocycles. The fraction of sp³-hybridized carbons (Fsp3) is 0.0667. The number of rotatable bonds is 8. The molecule has 0 spiro atoms. The quantitative estimate of drug-likeness (QED) is 0.119. The largest absolute Gasteiger partial charge is 1.00 e. The van der Waals surface area contributed by atoms with Crippen LogP contribution >= 0.6 is 0 Å². The maximum absolute atomic E-state index is 10.8. The Balaban J connectivity index is 0.000000381. The first-order valence-corrected chi connectivity index (χ1v) is 11.1. The van der Waals surface area contributed by atoms with E-state index < -0.39 is 11.3 Å². The smallest absolute Gasteiger partial charge is 0.211 e. The molecular weight excluding hydrogens is 526 g/mol. The predicted octanol–water partition coefficient (Wildman–Crippen LogP) is -1.27. The van der Waals surface area contributed by atoms with Crippen LogP contribution in [0.2, 0.25) is 0 Å². The van der Waals surface area contributed by atoms with Gasteiger partial charge in [-0.3, -0.25) is 0 Å². The van der Waals surface area contributed by atoms with E-state index in [1.54, 1.807) is 97.1 Å². The monoisotopic (exact) mass is 544 g/mol. The summed E-state index contributed by atoms with van der Waals surface area (Å²) in [6, 6.07) is 36.8. The molecule has 0 aliphatic rings. The van der Waals surface area contributed by atoms with Crippen molar-refractivity contribution in [3.8, 4) is 0 Å². The molecule has 10 heteroatoms. The van der Waals surface area contributed by atoms with Crippen LogP contribution in [0.3, 0.4) is 0 Å². The van der Waals surface area contributed by atoms with Crippen LogP contribution in [-0.4, -0.2) is 24.3 Å². The second-order valence-electron chi connectivity index (χ2n) is 7.47. The average molecular weight is 544 g/mol. The zero-order chi connectivity index (χ0) is 27.1. The van der Waals surface area contributed by atoms with E-state index in [0.717, 1.165) is 0 Å². The van der Waals surface area contributed by atoms with Gasteiger partial charge in [-0.1, -0.05) is 60.7 Å². The predicted molar refractivity (Wildman–Crippen MR) is 137 cm³/mol. The van der Waals surface area contributed by atoms with E-state index in [2.05, 4.69) is 32.1 Å². The van der Waals surface area contributed by atoms with Gasteiger partial charge in [0.25, 0.3) is 0 Å². The third-order valence-corrected chi connectivity index (χ3v) is 5.42. The minimum atomic E-state index is -1.45. The fourth-order valence-electron chi connectivity index (χ4n) is 3.74. The average Bonchev–Trinajstić information content (AvgIpc) is 2.99. The van der Waals surface area contributed by atoms with Gasteiger partial charge in [-0.15, -0.1) is 11.1 Å². The molecule has 184 valence electrons. The van der Waals surface area contributed by atoms with Crippen molar-refractivity contribution in [2.45, 2.75) is 11.3 Å². The van der Waals surface area contributed by atoms with E-state index in [-0.39, 0.29) is 59.1 Å². The molecule has 0 aromatic heterocycles. The molecule has 8 nitrogen and oxygen atoms in total. The Morgan fingerprint density at radius 1 is 0.425 bits per heavy atom. The molecule has 0 heterocycles. The molecular formula is C30H18N4Na2O4. The van der Waals surface area contributed by atoms with Gasteiger partial charge in [0.05, 0.1) is 0 Å². The normalized spacial score (nSPS) is 9.60. The van der Waals surface area contributed by atoms with Crippen molar-refractivity contribution in [2.24, 2.45) is 20.0 Å². The molecule has 4 rings (SSSR count). The minimum Gasteiger partial charge on any atom is -0.211 e. The van der Waals surface area contributed by atoms with Crippen LogP contribution in [0, 0.1) is 12.1 Å². The van der Waals surface area contributed by atoms with Crippen molar-refractivity contribution in [3.63, 3.8) is 0 Å². The summed E-state index contributed by atoms with van der Waals surface area (Å²) in [5, 5.41) is 0. The van der Waals surface area contributed by atoms with Gasteiger partial charge >= 0.3 is 59.1 Å². The van der Waals surface area contributed by atoms with Crippen LogP contribution in [0.15, 0.2) is 129 Å². The molecule has 0 saturated heterocycles. The van der Waals surface area contributed by atoms with Gasteiger partial charge in [0.15, 0.2) is 5.66 Å². The number of hydrogen-bond acceptors (Lipinski definition) is 8. The van der Waals surface area contributed by atoms with Crippen molar-refractivity contribution in [1.29, 1.82) is 0 Å². The Bertz CT molecular complexity index is 1290. The summed E-state index contributed by atoms with van der Waals surface area (Å²) in [5.41, 5.74) is -0.534. The Hall–Kier alpha value is -3.60. The standard InChI is InChI=1S/C15H10N2O2.C15H8N2O2.2Na/c2*18-11-16-15(17-12-19,13-7-3-1-4-8-13)14-9-5-2-6-10-14;;/h1-10H;3-10H;;/q;-2;2*+1. The maximum Gasteiger partial charge on any atom is 1.00 e. The van der Waals surface area contributed by atoms with Crippen LogP contribution in [0.25, 0.3) is 0 Å². The first kappa shape index (κ1) is 34.4. The number of aliphatic imine (C=N–C) groups is 4. The molecule has 0 unspecified atom stereocenters. The number of carbonyl (C=O) groups excluding carboxylic acids is 4. The van der Waals surface area contributed by atoms with E-state index in [4.69, 9.17) is 0 Å². The van der Waals surface area contributed by atoms with Crippen molar-refractivity contribution in [3.05, 3.63) is 144 Å². The van der Waals surface area contributed by atoms with Crippen LogP contribution in [-0.2, 0) is 30.5 Å². The SMILES string of the molecule is O=C=NC(N=C=O)(c1cc[c-]cc1)c1cc[c-]cc1.O=C=NC(N=C=O)(c1ccccc1)c1ccccc1.[Na+].[Na+]. The van der Waals surface area contributed by atoms with Crippen molar-refractivity contribution < 1.29 is 78.3 Å². The Labute approximate surface area is 275 Å². The molecule has 0 aliphatic heterocycles. The Morgan fingerprint density at radius 2 is 0.675 bits per heavy atom. The van der Waals surface area contributed by atoms with E-state index in [1.165, 1.54) is 24.3 Å². The van der Waals surface area contributed by atoms with Crippen LogP contribution in [0.4, 0.5) is 0 Å². The van der Waals surface area contributed by atoms with Crippen molar-refractivity contribution in [1.82, 2.24) is 0 Å². The molecule has 4 aromatic rings. The van der Waals surface area contributed by atoms with Crippen LogP contribution in [0.5, 0.6) is 0 Å². The molecule has 0 amide bonds. The molecule has 40 heavy (non-hydrogen) atoms. The summed E-state index contributed by atoms with van der Waals surface area (Å²) < 4.78 is 0. The van der Waals surface area contributed by atoms with Gasteiger partial charge in [0.2, 0.25) is 30.0 Å². The molecule has 0 fully saturated rings. The third kappa shape index (κ3) is 8.20. The summed E-state index contributed by atoms with van der Waals surface area (Å²) in [7, 11) is 0. The molecule has 0 radical (unpaired) electrons. The molecule has 0 N–H and O–H groups in total. The van der Waals surface area contributed by atoms with E-state index in [0.29, 0.717) is 22.3 Å². The maximum atomic E-state index is 10.8.